The molecule has 0 aromatic heterocycles. The third kappa shape index (κ3) is 5.29. The molecule has 0 heterocycles. The Hall–Kier alpha value is -0.930. The summed E-state index contributed by atoms with van der Waals surface area (Å²) < 4.78 is 19.2. The Labute approximate surface area is 115 Å². The highest BCUT2D eigenvalue weighted by atomic mass is 19.1. The van der Waals surface area contributed by atoms with E-state index in [1.807, 2.05) is 6.07 Å². The molecule has 2 nitrogen and oxygen atoms in total. The zero-order valence-corrected chi connectivity index (χ0v) is 11.7. The van der Waals surface area contributed by atoms with Crippen molar-refractivity contribution < 1.29 is 9.13 Å². The highest BCUT2D eigenvalue weighted by molar-refractivity contribution is 5.19. The van der Waals surface area contributed by atoms with Crippen molar-refractivity contribution in [3.63, 3.8) is 0 Å². The maximum Gasteiger partial charge on any atom is 0.123 e. The molecule has 0 spiro atoms. The van der Waals surface area contributed by atoms with E-state index in [9.17, 15) is 4.39 Å². The molecule has 1 aliphatic rings. The summed E-state index contributed by atoms with van der Waals surface area (Å²) >= 11 is 0. The first-order valence-corrected chi connectivity index (χ1v) is 7.40. The second-order valence-corrected chi connectivity index (χ2v) is 5.30. The van der Waals surface area contributed by atoms with E-state index in [1.54, 1.807) is 12.1 Å². The largest absolute Gasteiger partial charge is 0.372 e. The van der Waals surface area contributed by atoms with Crippen LogP contribution in [0.5, 0.6) is 0 Å². The summed E-state index contributed by atoms with van der Waals surface area (Å²) in [5, 5.41) is 3.47. The minimum Gasteiger partial charge on any atom is -0.372 e. The molecule has 1 fully saturated rings. The molecule has 1 N–H and O–H groups in total. The number of hydrogen-bond donors (Lipinski definition) is 1. The van der Waals surface area contributed by atoms with Crippen LogP contribution in [0.3, 0.4) is 0 Å². The van der Waals surface area contributed by atoms with Crippen LogP contribution in [-0.2, 0) is 4.74 Å². The van der Waals surface area contributed by atoms with E-state index < -0.39 is 0 Å². The molecular weight excluding hydrogens is 241 g/mol. The van der Waals surface area contributed by atoms with E-state index in [2.05, 4.69) is 12.2 Å². The number of ether oxygens (including phenoxy) is 1. The Morgan fingerprint density at radius 1 is 1.37 bits per heavy atom. The zero-order chi connectivity index (χ0) is 13.5. The average Bonchev–Trinajstić information content (AvgIpc) is 3.22. The summed E-state index contributed by atoms with van der Waals surface area (Å²) in [4.78, 5) is 0. The van der Waals surface area contributed by atoms with Crippen LogP contribution in [0.25, 0.3) is 0 Å². The van der Waals surface area contributed by atoms with Crippen LogP contribution >= 0.6 is 0 Å². The predicted octanol–water partition coefficient (Wildman–Crippen LogP) is 3.83. The molecule has 1 aliphatic carbocycles. The Balaban J connectivity index is 1.87. The lowest BCUT2D eigenvalue weighted by molar-refractivity contribution is 0.0496. The molecular formula is C16H24FNO. The van der Waals surface area contributed by atoms with Gasteiger partial charge in [0.1, 0.15) is 5.82 Å². The van der Waals surface area contributed by atoms with Crippen LogP contribution in [0.1, 0.15) is 50.7 Å². The minimum atomic E-state index is -0.189. The van der Waals surface area contributed by atoms with Crippen molar-refractivity contribution in [3.05, 3.63) is 35.6 Å². The standard InChI is InChI=1S/C16H24FNO/c1-2-3-4-10-19-16(12-18-15-8-9-15)13-6-5-7-14(17)11-13/h5-7,11,15-16,18H,2-4,8-10,12H2,1H3. The van der Waals surface area contributed by atoms with Gasteiger partial charge in [0.05, 0.1) is 6.10 Å². The normalized spacial score (nSPS) is 16.5. The smallest absolute Gasteiger partial charge is 0.123 e. The van der Waals surface area contributed by atoms with Gasteiger partial charge in [-0.05, 0) is 37.0 Å². The van der Waals surface area contributed by atoms with Crippen LogP contribution in [0.4, 0.5) is 4.39 Å². The van der Waals surface area contributed by atoms with Gasteiger partial charge in [-0.2, -0.15) is 0 Å². The topological polar surface area (TPSA) is 21.3 Å². The lowest BCUT2D eigenvalue weighted by Crippen LogP contribution is -2.25. The second-order valence-electron chi connectivity index (χ2n) is 5.30. The molecule has 0 saturated heterocycles. The van der Waals surface area contributed by atoms with Gasteiger partial charge >= 0.3 is 0 Å². The van der Waals surface area contributed by atoms with Gasteiger partial charge in [0.15, 0.2) is 0 Å². The van der Waals surface area contributed by atoms with Gasteiger partial charge in [0, 0.05) is 19.2 Å². The molecule has 106 valence electrons. The highest BCUT2D eigenvalue weighted by Crippen LogP contribution is 2.22. The molecule has 0 aliphatic heterocycles. The minimum absolute atomic E-state index is 0.0341. The number of halogens is 1. The maximum absolute atomic E-state index is 13.3. The first kappa shape index (κ1) is 14.5. The van der Waals surface area contributed by atoms with Crippen LogP contribution in [0.15, 0.2) is 24.3 Å². The predicted molar refractivity (Wildman–Crippen MR) is 75.6 cm³/mol. The number of hydrogen-bond acceptors (Lipinski definition) is 2. The van der Waals surface area contributed by atoms with Crippen molar-refractivity contribution in [1.29, 1.82) is 0 Å². The molecule has 19 heavy (non-hydrogen) atoms. The fourth-order valence-electron chi connectivity index (χ4n) is 2.12. The summed E-state index contributed by atoms with van der Waals surface area (Å²) in [6.07, 6.45) is 5.93. The summed E-state index contributed by atoms with van der Waals surface area (Å²) in [5.74, 6) is -0.189. The van der Waals surface area contributed by atoms with E-state index in [1.165, 1.54) is 31.7 Å². The fourth-order valence-corrected chi connectivity index (χ4v) is 2.12. The molecule has 1 saturated carbocycles. The Kier molecular flexibility index (Phi) is 5.80. The van der Waals surface area contributed by atoms with E-state index in [0.29, 0.717) is 6.04 Å². The number of rotatable bonds is 9. The van der Waals surface area contributed by atoms with Crippen molar-refractivity contribution >= 4 is 0 Å². The maximum atomic E-state index is 13.3. The number of benzene rings is 1. The Bertz CT molecular complexity index is 379. The van der Waals surface area contributed by atoms with Gasteiger partial charge in [-0.15, -0.1) is 0 Å². The van der Waals surface area contributed by atoms with Crippen molar-refractivity contribution in [2.75, 3.05) is 13.2 Å². The quantitative estimate of drug-likeness (QED) is 0.685. The molecule has 3 heteroatoms. The van der Waals surface area contributed by atoms with Crippen LogP contribution in [-0.4, -0.2) is 19.2 Å². The first-order valence-electron chi connectivity index (χ1n) is 7.40. The molecule has 0 radical (unpaired) electrons. The van der Waals surface area contributed by atoms with Crippen molar-refractivity contribution in [2.24, 2.45) is 0 Å². The molecule has 0 bridgehead atoms. The van der Waals surface area contributed by atoms with Crippen LogP contribution in [0, 0.1) is 5.82 Å². The lowest BCUT2D eigenvalue weighted by Gasteiger charge is -2.19. The van der Waals surface area contributed by atoms with E-state index in [4.69, 9.17) is 4.74 Å². The van der Waals surface area contributed by atoms with E-state index in [-0.39, 0.29) is 11.9 Å². The molecule has 1 unspecified atom stereocenters. The zero-order valence-electron chi connectivity index (χ0n) is 11.7. The van der Waals surface area contributed by atoms with Gasteiger partial charge < -0.3 is 10.1 Å². The molecule has 1 aromatic carbocycles. The SMILES string of the molecule is CCCCCOC(CNC1CC1)c1cccc(F)c1. The van der Waals surface area contributed by atoms with Crippen molar-refractivity contribution in [1.82, 2.24) is 5.32 Å². The van der Waals surface area contributed by atoms with Gasteiger partial charge in [0.2, 0.25) is 0 Å². The Morgan fingerprint density at radius 3 is 2.89 bits per heavy atom. The van der Waals surface area contributed by atoms with Crippen molar-refractivity contribution in [3.8, 4) is 0 Å². The molecule has 0 amide bonds. The summed E-state index contributed by atoms with van der Waals surface area (Å²) in [7, 11) is 0. The molecule has 2 rings (SSSR count). The van der Waals surface area contributed by atoms with E-state index >= 15 is 0 Å². The summed E-state index contributed by atoms with van der Waals surface area (Å²) in [6, 6.07) is 7.41. The summed E-state index contributed by atoms with van der Waals surface area (Å²) in [5.41, 5.74) is 0.935. The molecule has 1 aromatic rings. The second kappa shape index (κ2) is 7.61. The van der Waals surface area contributed by atoms with Crippen LogP contribution < -0.4 is 5.32 Å². The average molecular weight is 265 g/mol. The summed E-state index contributed by atoms with van der Waals surface area (Å²) in [6.45, 7) is 3.71. The number of nitrogens with one attached hydrogen (secondary N) is 1. The molecule has 1 atom stereocenters. The van der Waals surface area contributed by atoms with Gasteiger partial charge in [-0.3, -0.25) is 0 Å². The van der Waals surface area contributed by atoms with E-state index in [0.717, 1.165) is 25.1 Å². The van der Waals surface area contributed by atoms with Gasteiger partial charge in [-0.1, -0.05) is 31.9 Å². The van der Waals surface area contributed by atoms with Crippen LogP contribution in [0.2, 0.25) is 0 Å². The van der Waals surface area contributed by atoms with Gasteiger partial charge in [-0.25, -0.2) is 4.39 Å². The fraction of sp³-hybridized carbons (Fsp3) is 0.625. The number of unbranched alkanes of at least 4 members (excludes halogenated alkanes) is 2. The highest BCUT2D eigenvalue weighted by Gasteiger charge is 2.22. The first-order chi connectivity index (χ1) is 9.29. The van der Waals surface area contributed by atoms with Gasteiger partial charge in [0.25, 0.3) is 0 Å². The van der Waals surface area contributed by atoms with Crippen molar-refractivity contribution in [2.45, 2.75) is 51.2 Å². The third-order valence-electron chi connectivity index (χ3n) is 3.46. The monoisotopic (exact) mass is 265 g/mol. The lowest BCUT2D eigenvalue weighted by atomic mass is 10.1. The third-order valence-corrected chi connectivity index (χ3v) is 3.46. The Morgan fingerprint density at radius 2 is 2.21 bits per heavy atom.